The van der Waals surface area contributed by atoms with E-state index in [2.05, 4.69) is 0 Å². The maximum absolute atomic E-state index is 12.3. The van der Waals surface area contributed by atoms with Crippen molar-refractivity contribution in [2.75, 3.05) is 13.1 Å². The van der Waals surface area contributed by atoms with Gasteiger partial charge in [-0.25, -0.2) is 0 Å². The maximum atomic E-state index is 12.3. The van der Waals surface area contributed by atoms with Crippen LogP contribution in [0.15, 0.2) is 30.3 Å². The predicted octanol–water partition coefficient (Wildman–Crippen LogP) is 1.82. The number of benzene rings is 1. The zero-order valence-electron chi connectivity index (χ0n) is 12.2. The first-order valence-electron chi connectivity index (χ1n) is 7.25. The van der Waals surface area contributed by atoms with Gasteiger partial charge < -0.3 is 15.1 Å². The number of likely N-dealkylation sites (tertiary alicyclic amines) is 1. The van der Waals surface area contributed by atoms with E-state index in [0.717, 1.165) is 0 Å². The average molecular weight is 291 g/mol. The van der Waals surface area contributed by atoms with E-state index >= 15 is 0 Å². The van der Waals surface area contributed by atoms with Gasteiger partial charge in [-0.15, -0.1) is 0 Å². The Labute approximate surface area is 124 Å². The molecule has 0 aliphatic carbocycles. The van der Waals surface area contributed by atoms with Crippen molar-refractivity contribution in [1.29, 1.82) is 0 Å². The van der Waals surface area contributed by atoms with Crippen molar-refractivity contribution in [2.24, 2.45) is 5.41 Å². The molecule has 0 radical (unpaired) electrons. The van der Waals surface area contributed by atoms with Gasteiger partial charge in [-0.3, -0.25) is 9.59 Å². The van der Waals surface area contributed by atoms with Crippen LogP contribution in [0.3, 0.4) is 0 Å². The topological polar surface area (TPSA) is 77.8 Å². The number of carbonyl (C=O) groups excluding carboxylic acids is 1. The Kier molecular flexibility index (Phi) is 4.63. The summed E-state index contributed by atoms with van der Waals surface area (Å²) >= 11 is 0. The highest BCUT2D eigenvalue weighted by Gasteiger charge is 2.41. The van der Waals surface area contributed by atoms with E-state index in [1.807, 2.05) is 13.0 Å². The molecule has 1 saturated heterocycles. The summed E-state index contributed by atoms with van der Waals surface area (Å²) in [6.45, 7) is 2.62. The lowest BCUT2D eigenvalue weighted by Gasteiger charge is -2.39. The third-order valence-electron chi connectivity index (χ3n) is 4.51. The summed E-state index contributed by atoms with van der Waals surface area (Å²) in [7, 11) is 0. The number of amides is 1. The molecule has 114 valence electrons. The van der Waals surface area contributed by atoms with Gasteiger partial charge in [0.1, 0.15) is 0 Å². The minimum atomic E-state index is -1.18. The third kappa shape index (κ3) is 3.08. The van der Waals surface area contributed by atoms with Gasteiger partial charge in [0.15, 0.2) is 6.10 Å². The normalized spacial score (nSPS) is 19.0. The van der Waals surface area contributed by atoms with Crippen LogP contribution in [0.2, 0.25) is 0 Å². The lowest BCUT2D eigenvalue weighted by molar-refractivity contribution is -0.156. The summed E-state index contributed by atoms with van der Waals surface area (Å²) in [4.78, 5) is 25.2. The maximum Gasteiger partial charge on any atom is 0.309 e. The Morgan fingerprint density at radius 1 is 1.24 bits per heavy atom. The Balaban J connectivity index is 2.02. The fourth-order valence-electron chi connectivity index (χ4n) is 2.82. The molecule has 1 heterocycles. The highest BCUT2D eigenvalue weighted by Crippen LogP contribution is 2.35. The highest BCUT2D eigenvalue weighted by molar-refractivity contribution is 5.82. The van der Waals surface area contributed by atoms with Gasteiger partial charge in [0.2, 0.25) is 0 Å². The number of rotatable bonds is 4. The molecule has 1 aliphatic heterocycles. The monoisotopic (exact) mass is 291 g/mol. The second kappa shape index (κ2) is 6.26. The fraction of sp³-hybridized carbons (Fsp3) is 0.500. The molecule has 0 saturated carbocycles. The number of piperidine rings is 1. The molecule has 1 unspecified atom stereocenters. The smallest absolute Gasteiger partial charge is 0.309 e. The number of aliphatic carboxylic acids is 1. The van der Waals surface area contributed by atoms with Gasteiger partial charge in [0.05, 0.1) is 5.41 Å². The summed E-state index contributed by atoms with van der Waals surface area (Å²) < 4.78 is 0. The van der Waals surface area contributed by atoms with Crippen LogP contribution in [0.4, 0.5) is 0 Å². The van der Waals surface area contributed by atoms with Crippen LogP contribution < -0.4 is 0 Å². The molecule has 1 aromatic carbocycles. The lowest BCUT2D eigenvalue weighted by atomic mass is 9.76. The van der Waals surface area contributed by atoms with Crippen LogP contribution in [0.1, 0.15) is 37.9 Å². The van der Waals surface area contributed by atoms with Crippen LogP contribution in [0, 0.1) is 5.41 Å². The molecule has 1 aliphatic rings. The standard InChI is InChI=1S/C16H21NO4/c1-2-16(15(20)21)8-10-17(11-9-16)14(19)13(18)12-6-4-3-5-7-12/h3-7,13,18H,2,8-11H2,1H3,(H,20,21). The Hall–Kier alpha value is -1.88. The molecule has 0 bridgehead atoms. The first-order valence-corrected chi connectivity index (χ1v) is 7.25. The number of carboxylic acids is 1. The highest BCUT2D eigenvalue weighted by atomic mass is 16.4. The Bertz CT molecular complexity index is 506. The number of aliphatic hydroxyl groups excluding tert-OH is 1. The van der Waals surface area contributed by atoms with Crippen molar-refractivity contribution < 1.29 is 19.8 Å². The van der Waals surface area contributed by atoms with Gasteiger partial charge in [0.25, 0.3) is 5.91 Å². The van der Waals surface area contributed by atoms with E-state index in [4.69, 9.17) is 0 Å². The zero-order valence-corrected chi connectivity index (χ0v) is 12.2. The van der Waals surface area contributed by atoms with Crippen molar-refractivity contribution in [2.45, 2.75) is 32.3 Å². The molecular weight excluding hydrogens is 270 g/mol. The summed E-state index contributed by atoms with van der Waals surface area (Å²) in [6, 6.07) is 8.79. The summed E-state index contributed by atoms with van der Waals surface area (Å²) in [5, 5.41) is 19.5. The first kappa shape index (κ1) is 15.5. The number of carbonyl (C=O) groups is 2. The van der Waals surface area contributed by atoms with Crippen molar-refractivity contribution in [3.63, 3.8) is 0 Å². The lowest BCUT2D eigenvalue weighted by Crippen LogP contribution is -2.47. The van der Waals surface area contributed by atoms with Crippen molar-refractivity contribution >= 4 is 11.9 Å². The van der Waals surface area contributed by atoms with E-state index in [9.17, 15) is 19.8 Å². The van der Waals surface area contributed by atoms with Gasteiger partial charge in [0, 0.05) is 13.1 Å². The summed E-state index contributed by atoms with van der Waals surface area (Å²) in [6.07, 6.45) is 0.259. The van der Waals surface area contributed by atoms with Crippen LogP contribution in [0.5, 0.6) is 0 Å². The zero-order chi connectivity index (χ0) is 15.5. The van der Waals surface area contributed by atoms with Gasteiger partial charge in [-0.1, -0.05) is 37.3 Å². The molecule has 1 fully saturated rings. The molecular formula is C16H21NO4. The van der Waals surface area contributed by atoms with E-state index in [1.165, 1.54) is 0 Å². The van der Waals surface area contributed by atoms with Gasteiger partial charge >= 0.3 is 5.97 Å². The average Bonchev–Trinajstić information content (AvgIpc) is 2.54. The van der Waals surface area contributed by atoms with Crippen LogP contribution in [0.25, 0.3) is 0 Å². The van der Waals surface area contributed by atoms with E-state index < -0.39 is 17.5 Å². The minimum Gasteiger partial charge on any atom is -0.481 e. The largest absolute Gasteiger partial charge is 0.481 e. The second-order valence-electron chi connectivity index (χ2n) is 5.58. The molecule has 1 amide bonds. The Morgan fingerprint density at radius 2 is 1.81 bits per heavy atom. The molecule has 1 atom stereocenters. The molecule has 21 heavy (non-hydrogen) atoms. The van der Waals surface area contributed by atoms with Crippen LogP contribution in [-0.2, 0) is 9.59 Å². The van der Waals surface area contributed by atoms with Crippen molar-refractivity contribution in [3.05, 3.63) is 35.9 Å². The fourth-order valence-corrected chi connectivity index (χ4v) is 2.82. The first-order chi connectivity index (χ1) is 10.00. The number of nitrogens with zero attached hydrogens (tertiary/aromatic N) is 1. The molecule has 5 nitrogen and oxygen atoms in total. The van der Waals surface area contributed by atoms with E-state index in [0.29, 0.717) is 37.9 Å². The quantitative estimate of drug-likeness (QED) is 0.887. The number of carboxylic acid groups (broad SMARTS) is 1. The number of aliphatic hydroxyl groups is 1. The third-order valence-corrected chi connectivity index (χ3v) is 4.51. The van der Waals surface area contributed by atoms with Gasteiger partial charge in [-0.2, -0.15) is 0 Å². The summed E-state index contributed by atoms with van der Waals surface area (Å²) in [5.41, 5.74) is -0.165. The van der Waals surface area contributed by atoms with Crippen LogP contribution in [-0.4, -0.2) is 40.1 Å². The van der Waals surface area contributed by atoms with Crippen LogP contribution >= 0.6 is 0 Å². The molecule has 2 N–H and O–H groups in total. The molecule has 0 aromatic heterocycles. The predicted molar refractivity (Wildman–Crippen MR) is 77.6 cm³/mol. The van der Waals surface area contributed by atoms with Gasteiger partial charge in [-0.05, 0) is 24.8 Å². The number of hydrogen-bond acceptors (Lipinski definition) is 3. The summed E-state index contributed by atoms with van der Waals surface area (Å²) in [5.74, 6) is -1.14. The van der Waals surface area contributed by atoms with Crippen molar-refractivity contribution in [1.82, 2.24) is 4.90 Å². The van der Waals surface area contributed by atoms with E-state index in [1.54, 1.807) is 29.2 Å². The van der Waals surface area contributed by atoms with E-state index in [-0.39, 0.29) is 5.91 Å². The second-order valence-corrected chi connectivity index (χ2v) is 5.58. The molecule has 2 rings (SSSR count). The van der Waals surface area contributed by atoms with Crippen molar-refractivity contribution in [3.8, 4) is 0 Å². The number of hydrogen-bond donors (Lipinski definition) is 2. The SMILES string of the molecule is CCC1(C(=O)O)CCN(C(=O)C(O)c2ccccc2)CC1. The Morgan fingerprint density at radius 3 is 2.29 bits per heavy atom. The molecule has 5 heteroatoms. The molecule has 0 spiro atoms. The minimum absolute atomic E-state index is 0.351. The molecule has 1 aromatic rings.